The van der Waals surface area contributed by atoms with Crippen molar-refractivity contribution in [3.8, 4) is 0 Å². The number of ether oxygens (including phenoxy) is 1. The zero-order valence-electron chi connectivity index (χ0n) is 11.8. The van der Waals surface area contributed by atoms with E-state index < -0.39 is 5.92 Å². The van der Waals surface area contributed by atoms with Gasteiger partial charge in [-0.3, -0.25) is 9.59 Å². The highest BCUT2D eigenvalue weighted by Gasteiger charge is 2.33. The number of hydrogen-bond donors (Lipinski definition) is 3. The summed E-state index contributed by atoms with van der Waals surface area (Å²) >= 11 is 12.0. The number of piperidine rings is 1. The van der Waals surface area contributed by atoms with Crippen molar-refractivity contribution < 1.29 is 14.3 Å². The van der Waals surface area contributed by atoms with Gasteiger partial charge in [-0.1, -0.05) is 23.2 Å². The second kappa shape index (κ2) is 6.68. The summed E-state index contributed by atoms with van der Waals surface area (Å²) in [5.41, 5.74) is 0.836. The lowest BCUT2D eigenvalue weighted by Crippen LogP contribution is -2.52. The lowest BCUT2D eigenvalue weighted by atomic mass is 9.93. The molecule has 2 heterocycles. The summed E-state index contributed by atoms with van der Waals surface area (Å²) in [6, 6.07) is -0.301. The maximum atomic E-state index is 12.3. The van der Waals surface area contributed by atoms with E-state index in [1.54, 1.807) is 6.92 Å². The second-order valence-electron chi connectivity index (χ2n) is 4.96. The number of rotatable bonds is 3. The number of carbonyl (C=O) groups excluding carboxylic acids is 2. The Hall–Kier alpha value is -1.24. The van der Waals surface area contributed by atoms with Gasteiger partial charge in [0.25, 0.3) is 5.91 Å². The third kappa shape index (κ3) is 3.33. The molecule has 1 aliphatic heterocycles. The largest absolute Gasteiger partial charge is 0.469 e. The van der Waals surface area contributed by atoms with Crippen molar-refractivity contribution in [1.82, 2.24) is 15.6 Å². The molecule has 2 unspecified atom stereocenters. The molecule has 6 nitrogen and oxygen atoms in total. The van der Waals surface area contributed by atoms with Crippen molar-refractivity contribution in [2.45, 2.75) is 19.4 Å². The fourth-order valence-corrected chi connectivity index (χ4v) is 2.82. The van der Waals surface area contributed by atoms with Crippen molar-refractivity contribution in [1.29, 1.82) is 0 Å². The average molecular weight is 334 g/mol. The van der Waals surface area contributed by atoms with Crippen LogP contribution in [0.15, 0.2) is 0 Å². The Bertz CT molecular complexity index is 559. The zero-order valence-corrected chi connectivity index (χ0v) is 13.3. The van der Waals surface area contributed by atoms with Gasteiger partial charge < -0.3 is 20.4 Å². The molecule has 0 bridgehead atoms. The van der Waals surface area contributed by atoms with E-state index in [0.717, 1.165) is 6.54 Å². The van der Waals surface area contributed by atoms with Crippen LogP contribution < -0.4 is 10.6 Å². The predicted octanol–water partition coefficient (Wildman–Crippen LogP) is 1.51. The van der Waals surface area contributed by atoms with Gasteiger partial charge in [0.1, 0.15) is 5.69 Å². The SMILES string of the molecule is COC(=O)C1CNCCC1NC(=O)c1[nH]c(C)c(Cl)c1Cl. The fourth-order valence-electron chi connectivity index (χ4n) is 2.40. The van der Waals surface area contributed by atoms with Crippen molar-refractivity contribution in [2.75, 3.05) is 20.2 Å². The van der Waals surface area contributed by atoms with E-state index >= 15 is 0 Å². The number of aromatic amines is 1. The van der Waals surface area contributed by atoms with Gasteiger partial charge in [0.15, 0.2) is 0 Å². The molecule has 0 aliphatic carbocycles. The van der Waals surface area contributed by atoms with Gasteiger partial charge in [-0.2, -0.15) is 0 Å². The summed E-state index contributed by atoms with van der Waals surface area (Å²) in [6.45, 7) is 2.92. The van der Waals surface area contributed by atoms with Gasteiger partial charge >= 0.3 is 5.97 Å². The molecule has 0 saturated carbocycles. The van der Waals surface area contributed by atoms with E-state index in [9.17, 15) is 9.59 Å². The van der Waals surface area contributed by atoms with Crippen LogP contribution in [0.4, 0.5) is 0 Å². The Morgan fingerprint density at radius 3 is 2.62 bits per heavy atom. The second-order valence-corrected chi connectivity index (χ2v) is 5.71. The molecule has 116 valence electrons. The first kappa shape index (κ1) is 16.1. The number of amides is 1. The Morgan fingerprint density at radius 1 is 1.33 bits per heavy atom. The van der Waals surface area contributed by atoms with E-state index in [4.69, 9.17) is 27.9 Å². The van der Waals surface area contributed by atoms with Crippen LogP contribution in [0.1, 0.15) is 22.6 Å². The number of methoxy groups -OCH3 is 1. The molecule has 2 atom stereocenters. The van der Waals surface area contributed by atoms with Gasteiger partial charge in [-0.05, 0) is 19.9 Å². The quantitative estimate of drug-likeness (QED) is 0.732. The van der Waals surface area contributed by atoms with Gasteiger partial charge in [0, 0.05) is 18.3 Å². The highest BCUT2D eigenvalue weighted by Crippen LogP contribution is 2.29. The Labute approximate surface area is 132 Å². The average Bonchev–Trinajstić information content (AvgIpc) is 2.74. The molecule has 0 spiro atoms. The van der Waals surface area contributed by atoms with Crippen molar-refractivity contribution in [3.63, 3.8) is 0 Å². The smallest absolute Gasteiger partial charge is 0.312 e. The van der Waals surface area contributed by atoms with Crippen molar-refractivity contribution in [2.24, 2.45) is 5.92 Å². The topological polar surface area (TPSA) is 83.2 Å². The van der Waals surface area contributed by atoms with E-state index in [-0.39, 0.29) is 28.6 Å². The fraction of sp³-hybridized carbons (Fsp3) is 0.538. The normalized spacial score (nSPS) is 21.9. The lowest BCUT2D eigenvalue weighted by Gasteiger charge is -2.30. The highest BCUT2D eigenvalue weighted by molar-refractivity contribution is 6.44. The Kier molecular flexibility index (Phi) is 5.13. The van der Waals surface area contributed by atoms with Crippen LogP contribution in [0.2, 0.25) is 10.0 Å². The van der Waals surface area contributed by atoms with Crippen molar-refractivity contribution in [3.05, 3.63) is 21.4 Å². The number of aromatic nitrogens is 1. The van der Waals surface area contributed by atoms with Crippen LogP contribution >= 0.6 is 23.2 Å². The first-order chi connectivity index (χ1) is 9.95. The molecule has 21 heavy (non-hydrogen) atoms. The standard InChI is InChI=1S/C13H17Cl2N3O3/c1-6-9(14)10(15)11(17-6)12(19)18-8-3-4-16-5-7(8)13(20)21-2/h7-8,16-17H,3-5H2,1-2H3,(H,18,19). The van der Waals surface area contributed by atoms with E-state index in [0.29, 0.717) is 23.7 Å². The van der Waals surface area contributed by atoms with Crippen molar-refractivity contribution >= 4 is 35.1 Å². The molecule has 1 aliphatic rings. The number of hydrogen-bond acceptors (Lipinski definition) is 4. The zero-order chi connectivity index (χ0) is 15.6. The Balaban J connectivity index is 2.13. The molecule has 2 rings (SSSR count). The molecule has 8 heteroatoms. The first-order valence-electron chi connectivity index (χ1n) is 6.58. The van der Waals surface area contributed by atoms with Crippen LogP contribution in [-0.4, -0.2) is 43.1 Å². The molecule has 1 amide bonds. The minimum atomic E-state index is -0.419. The molecule has 1 aromatic heterocycles. The van der Waals surface area contributed by atoms with Crippen LogP contribution in [-0.2, 0) is 9.53 Å². The maximum absolute atomic E-state index is 12.3. The summed E-state index contributed by atoms with van der Waals surface area (Å²) in [6.07, 6.45) is 0.635. The van der Waals surface area contributed by atoms with Crippen LogP contribution in [0.25, 0.3) is 0 Å². The van der Waals surface area contributed by atoms with E-state index in [1.807, 2.05) is 0 Å². The molecule has 1 saturated heterocycles. The maximum Gasteiger partial charge on any atom is 0.312 e. The number of aryl methyl sites for hydroxylation is 1. The van der Waals surface area contributed by atoms with Gasteiger partial charge in [-0.25, -0.2) is 0 Å². The molecule has 1 aromatic rings. The van der Waals surface area contributed by atoms with E-state index in [2.05, 4.69) is 15.6 Å². The number of nitrogens with one attached hydrogen (secondary N) is 3. The minimum absolute atomic E-state index is 0.190. The first-order valence-corrected chi connectivity index (χ1v) is 7.34. The number of halogens is 2. The van der Waals surface area contributed by atoms with Crippen LogP contribution in [0, 0.1) is 12.8 Å². The van der Waals surface area contributed by atoms with Crippen LogP contribution in [0.3, 0.4) is 0 Å². The predicted molar refractivity (Wildman–Crippen MR) is 79.8 cm³/mol. The van der Waals surface area contributed by atoms with Crippen LogP contribution in [0.5, 0.6) is 0 Å². The molecular formula is C13H17Cl2N3O3. The molecule has 3 N–H and O–H groups in total. The third-order valence-electron chi connectivity index (χ3n) is 3.58. The summed E-state index contributed by atoms with van der Waals surface area (Å²) in [5.74, 6) is -1.15. The number of carbonyl (C=O) groups is 2. The molecule has 0 radical (unpaired) electrons. The number of esters is 1. The lowest BCUT2D eigenvalue weighted by molar-refractivity contribution is -0.146. The molecule has 1 fully saturated rings. The summed E-state index contributed by atoms with van der Waals surface area (Å²) in [4.78, 5) is 26.9. The summed E-state index contributed by atoms with van der Waals surface area (Å²) < 4.78 is 4.77. The summed E-state index contributed by atoms with van der Waals surface area (Å²) in [7, 11) is 1.33. The third-order valence-corrected chi connectivity index (χ3v) is 4.53. The molecule has 0 aromatic carbocycles. The highest BCUT2D eigenvalue weighted by atomic mass is 35.5. The minimum Gasteiger partial charge on any atom is -0.469 e. The van der Waals surface area contributed by atoms with Gasteiger partial charge in [0.2, 0.25) is 0 Å². The number of H-pyrrole nitrogens is 1. The summed E-state index contributed by atoms with van der Waals surface area (Å²) in [5, 5.41) is 6.46. The van der Waals surface area contributed by atoms with Gasteiger partial charge in [-0.15, -0.1) is 0 Å². The molecular weight excluding hydrogens is 317 g/mol. The van der Waals surface area contributed by atoms with E-state index in [1.165, 1.54) is 7.11 Å². The Morgan fingerprint density at radius 2 is 2.05 bits per heavy atom. The monoisotopic (exact) mass is 333 g/mol. The van der Waals surface area contributed by atoms with Gasteiger partial charge in [0.05, 0.1) is 23.1 Å².